The Balaban J connectivity index is 2.41. The molecule has 90 valence electrons. The van der Waals surface area contributed by atoms with Gasteiger partial charge in [-0.1, -0.05) is 59.3 Å². The Hall–Kier alpha value is -0.0400. The normalized spacial score (nSPS) is 30.4. The molecule has 15 heavy (non-hydrogen) atoms. The Kier molecular flexibility index (Phi) is 4.64. The molecule has 1 aliphatic carbocycles. The molecule has 1 N–H and O–H groups in total. The van der Waals surface area contributed by atoms with E-state index in [0.29, 0.717) is 0 Å². The minimum absolute atomic E-state index is 0.136. The fourth-order valence-corrected chi connectivity index (χ4v) is 2.86. The average Bonchev–Trinajstić information content (AvgIpc) is 2.18. The summed E-state index contributed by atoms with van der Waals surface area (Å²) in [6.45, 7) is 6.72. The zero-order chi connectivity index (χ0) is 11.4. The van der Waals surface area contributed by atoms with Crippen LogP contribution in [0.4, 0.5) is 0 Å². The molecule has 0 spiro atoms. The van der Waals surface area contributed by atoms with E-state index in [1.165, 1.54) is 44.9 Å². The molecule has 1 atom stereocenters. The third-order valence-electron chi connectivity index (χ3n) is 4.35. The van der Waals surface area contributed by atoms with Crippen molar-refractivity contribution in [3.05, 3.63) is 0 Å². The Morgan fingerprint density at radius 2 is 1.67 bits per heavy atom. The molecule has 1 aliphatic rings. The minimum atomic E-state index is -0.376. The molecular weight excluding hydrogens is 184 g/mol. The summed E-state index contributed by atoms with van der Waals surface area (Å²) in [5.74, 6) is 0. The Labute approximate surface area is 95.3 Å². The van der Waals surface area contributed by atoms with E-state index >= 15 is 0 Å². The molecule has 1 fully saturated rings. The predicted molar refractivity (Wildman–Crippen MR) is 66.0 cm³/mol. The molecule has 0 saturated heterocycles. The lowest BCUT2D eigenvalue weighted by Gasteiger charge is -2.46. The molecule has 0 radical (unpaired) electrons. The molecule has 1 saturated carbocycles. The number of hydrogen-bond donors (Lipinski definition) is 1. The third-order valence-corrected chi connectivity index (χ3v) is 4.35. The van der Waals surface area contributed by atoms with E-state index in [-0.39, 0.29) is 11.0 Å². The Morgan fingerprint density at radius 3 is 2.27 bits per heavy atom. The summed E-state index contributed by atoms with van der Waals surface area (Å²) >= 11 is 0. The summed E-state index contributed by atoms with van der Waals surface area (Å²) in [5.41, 5.74) is -0.240. The molecule has 1 nitrogen and oxygen atoms in total. The first-order valence-electron chi connectivity index (χ1n) is 6.74. The van der Waals surface area contributed by atoms with Gasteiger partial charge in [-0.2, -0.15) is 0 Å². The molecule has 0 aliphatic heterocycles. The van der Waals surface area contributed by atoms with Crippen molar-refractivity contribution < 1.29 is 5.11 Å². The highest BCUT2D eigenvalue weighted by Gasteiger charge is 2.44. The number of hydrogen-bond acceptors (Lipinski definition) is 1. The van der Waals surface area contributed by atoms with Crippen LogP contribution in [0.1, 0.15) is 78.6 Å². The quantitative estimate of drug-likeness (QED) is 0.674. The zero-order valence-electron chi connectivity index (χ0n) is 10.8. The van der Waals surface area contributed by atoms with Crippen molar-refractivity contribution in [2.24, 2.45) is 5.41 Å². The van der Waals surface area contributed by atoms with Crippen molar-refractivity contribution in [1.29, 1.82) is 0 Å². The monoisotopic (exact) mass is 212 g/mol. The number of unbranched alkanes of at least 4 members (excludes halogenated alkanes) is 3. The molecule has 0 amide bonds. The second-order valence-corrected chi connectivity index (χ2v) is 5.93. The highest BCUT2D eigenvalue weighted by molar-refractivity contribution is 4.96. The van der Waals surface area contributed by atoms with Gasteiger partial charge in [0.25, 0.3) is 0 Å². The summed E-state index contributed by atoms with van der Waals surface area (Å²) in [7, 11) is 0. The van der Waals surface area contributed by atoms with Crippen LogP contribution in [0, 0.1) is 5.41 Å². The molecule has 1 rings (SSSR count). The van der Waals surface area contributed by atoms with Gasteiger partial charge >= 0.3 is 0 Å². The molecular formula is C14H28O. The Bertz CT molecular complexity index is 186. The molecule has 0 aromatic carbocycles. The summed E-state index contributed by atoms with van der Waals surface area (Å²) in [6, 6.07) is 0. The molecule has 0 bridgehead atoms. The standard InChI is InChI=1S/C14H28O/c1-4-5-6-7-11-14(15)12-9-8-10-13(14,2)3/h15H,4-12H2,1-3H3. The van der Waals surface area contributed by atoms with E-state index in [4.69, 9.17) is 0 Å². The lowest BCUT2D eigenvalue weighted by Crippen LogP contribution is -2.47. The van der Waals surface area contributed by atoms with Crippen LogP contribution in [0.2, 0.25) is 0 Å². The second-order valence-electron chi connectivity index (χ2n) is 5.93. The van der Waals surface area contributed by atoms with Gasteiger partial charge in [0.05, 0.1) is 5.60 Å². The SMILES string of the molecule is CCCCCCC1(O)CCCCC1(C)C. The van der Waals surface area contributed by atoms with Crippen LogP contribution >= 0.6 is 0 Å². The summed E-state index contributed by atoms with van der Waals surface area (Å²) in [4.78, 5) is 0. The first-order valence-corrected chi connectivity index (χ1v) is 6.74. The lowest BCUT2D eigenvalue weighted by atomic mass is 9.63. The van der Waals surface area contributed by atoms with E-state index in [0.717, 1.165) is 12.8 Å². The molecule has 1 heteroatoms. The summed E-state index contributed by atoms with van der Waals surface area (Å²) in [5, 5.41) is 10.7. The van der Waals surface area contributed by atoms with Gasteiger partial charge < -0.3 is 5.11 Å². The van der Waals surface area contributed by atoms with E-state index in [9.17, 15) is 5.11 Å². The van der Waals surface area contributed by atoms with Crippen LogP contribution in [-0.4, -0.2) is 10.7 Å². The topological polar surface area (TPSA) is 20.2 Å². The first-order chi connectivity index (χ1) is 7.02. The minimum Gasteiger partial charge on any atom is -0.389 e. The van der Waals surface area contributed by atoms with Crippen molar-refractivity contribution in [2.75, 3.05) is 0 Å². The van der Waals surface area contributed by atoms with Crippen LogP contribution in [0.5, 0.6) is 0 Å². The molecule has 0 aromatic heterocycles. The smallest absolute Gasteiger partial charge is 0.0698 e. The van der Waals surface area contributed by atoms with Gasteiger partial charge in [-0.05, 0) is 24.7 Å². The van der Waals surface area contributed by atoms with Gasteiger partial charge in [0.15, 0.2) is 0 Å². The highest BCUT2D eigenvalue weighted by Crippen LogP contribution is 2.46. The van der Waals surface area contributed by atoms with E-state index in [1.807, 2.05) is 0 Å². The van der Waals surface area contributed by atoms with Gasteiger partial charge in [0.1, 0.15) is 0 Å². The maximum atomic E-state index is 10.7. The second kappa shape index (κ2) is 5.34. The highest BCUT2D eigenvalue weighted by atomic mass is 16.3. The van der Waals surface area contributed by atoms with Crippen molar-refractivity contribution in [2.45, 2.75) is 84.2 Å². The molecule has 0 aromatic rings. The number of rotatable bonds is 5. The van der Waals surface area contributed by atoms with Crippen LogP contribution in [0.3, 0.4) is 0 Å². The van der Waals surface area contributed by atoms with Crippen LogP contribution in [0.15, 0.2) is 0 Å². The fraction of sp³-hybridized carbons (Fsp3) is 1.00. The van der Waals surface area contributed by atoms with Gasteiger partial charge in [-0.25, -0.2) is 0 Å². The van der Waals surface area contributed by atoms with Crippen LogP contribution in [-0.2, 0) is 0 Å². The fourth-order valence-electron chi connectivity index (χ4n) is 2.86. The van der Waals surface area contributed by atoms with Gasteiger partial charge in [0.2, 0.25) is 0 Å². The van der Waals surface area contributed by atoms with Crippen molar-refractivity contribution in [3.63, 3.8) is 0 Å². The van der Waals surface area contributed by atoms with E-state index in [1.54, 1.807) is 0 Å². The van der Waals surface area contributed by atoms with Gasteiger partial charge in [-0.3, -0.25) is 0 Å². The maximum absolute atomic E-state index is 10.7. The van der Waals surface area contributed by atoms with Gasteiger partial charge in [-0.15, -0.1) is 0 Å². The third kappa shape index (κ3) is 3.21. The van der Waals surface area contributed by atoms with Crippen molar-refractivity contribution in [1.82, 2.24) is 0 Å². The summed E-state index contributed by atoms with van der Waals surface area (Å²) in [6.07, 6.45) is 10.8. The predicted octanol–water partition coefficient (Wildman–Crippen LogP) is 4.29. The molecule has 0 heterocycles. The first kappa shape index (κ1) is 13.0. The average molecular weight is 212 g/mol. The summed E-state index contributed by atoms with van der Waals surface area (Å²) < 4.78 is 0. The van der Waals surface area contributed by atoms with Crippen LogP contribution in [0.25, 0.3) is 0 Å². The zero-order valence-corrected chi connectivity index (χ0v) is 10.8. The van der Waals surface area contributed by atoms with Gasteiger partial charge in [0, 0.05) is 0 Å². The van der Waals surface area contributed by atoms with Crippen molar-refractivity contribution in [3.8, 4) is 0 Å². The van der Waals surface area contributed by atoms with E-state index in [2.05, 4.69) is 20.8 Å². The Morgan fingerprint density at radius 1 is 1.00 bits per heavy atom. The van der Waals surface area contributed by atoms with Crippen LogP contribution < -0.4 is 0 Å². The van der Waals surface area contributed by atoms with Crippen molar-refractivity contribution >= 4 is 0 Å². The number of aliphatic hydroxyl groups is 1. The molecule has 1 unspecified atom stereocenters. The van der Waals surface area contributed by atoms with E-state index < -0.39 is 0 Å². The maximum Gasteiger partial charge on any atom is 0.0698 e. The lowest BCUT2D eigenvalue weighted by molar-refractivity contribution is -0.103. The largest absolute Gasteiger partial charge is 0.389 e.